The van der Waals surface area contributed by atoms with Gasteiger partial charge in [-0.1, -0.05) is 18.2 Å². The molecule has 0 saturated heterocycles. The molecule has 2 aromatic rings. The van der Waals surface area contributed by atoms with Crippen LogP contribution in [0.2, 0.25) is 0 Å². The minimum Gasteiger partial charge on any atom is -0.507 e. The lowest BCUT2D eigenvalue weighted by atomic mass is 10.2. The molecule has 1 N–H and O–H groups in total. The predicted octanol–water partition coefficient (Wildman–Crippen LogP) is 2.31. The standard InChI is InChI=1S/C14H12N2O2/c17-13-7-2-1-5-10(13)14-16-12(9-18-14)11-6-3-4-8-15-11/h1-8,12,17H,9H2. The Balaban J connectivity index is 1.91. The van der Waals surface area contributed by atoms with E-state index in [1.165, 1.54) is 0 Å². The molecule has 0 amide bonds. The van der Waals surface area contributed by atoms with Crippen molar-refractivity contribution >= 4 is 5.90 Å². The largest absolute Gasteiger partial charge is 0.507 e. The first-order valence-electron chi connectivity index (χ1n) is 5.74. The molecule has 18 heavy (non-hydrogen) atoms. The Bertz CT molecular complexity index is 581. The van der Waals surface area contributed by atoms with E-state index in [9.17, 15) is 5.11 Å². The van der Waals surface area contributed by atoms with Gasteiger partial charge in [-0.05, 0) is 24.3 Å². The molecule has 0 aliphatic carbocycles. The van der Waals surface area contributed by atoms with E-state index < -0.39 is 0 Å². The molecule has 90 valence electrons. The average Bonchev–Trinajstić information content (AvgIpc) is 2.90. The van der Waals surface area contributed by atoms with Gasteiger partial charge in [-0.25, -0.2) is 4.99 Å². The Hall–Kier alpha value is -2.36. The molecule has 0 radical (unpaired) electrons. The third-order valence-corrected chi connectivity index (χ3v) is 2.81. The molecule has 1 unspecified atom stereocenters. The lowest BCUT2D eigenvalue weighted by Gasteiger charge is -2.03. The number of phenolic OH excluding ortho intramolecular Hbond substituents is 1. The zero-order chi connectivity index (χ0) is 12.4. The summed E-state index contributed by atoms with van der Waals surface area (Å²) in [5.41, 5.74) is 1.50. The van der Waals surface area contributed by atoms with Gasteiger partial charge in [0.25, 0.3) is 0 Å². The number of pyridine rings is 1. The monoisotopic (exact) mass is 240 g/mol. The number of phenols is 1. The van der Waals surface area contributed by atoms with Crippen molar-refractivity contribution in [1.82, 2.24) is 4.98 Å². The van der Waals surface area contributed by atoms with Gasteiger partial charge < -0.3 is 9.84 Å². The Morgan fingerprint density at radius 2 is 1.94 bits per heavy atom. The lowest BCUT2D eigenvalue weighted by molar-refractivity contribution is 0.317. The van der Waals surface area contributed by atoms with Crippen molar-refractivity contribution in [2.45, 2.75) is 6.04 Å². The van der Waals surface area contributed by atoms with E-state index in [1.807, 2.05) is 24.3 Å². The summed E-state index contributed by atoms with van der Waals surface area (Å²) in [5.74, 6) is 0.654. The van der Waals surface area contributed by atoms with Crippen LogP contribution in [0.3, 0.4) is 0 Å². The van der Waals surface area contributed by atoms with Crippen LogP contribution in [0.15, 0.2) is 53.7 Å². The third-order valence-electron chi connectivity index (χ3n) is 2.81. The van der Waals surface area contributed by atoms with Crippen LogP contribution in [0, 0.1) is 0 Å². The second-order valence-electron chi connectivity index (χ2n) is 4.03. The molecule has 1 atom stereocenters. The van der Waals surface area contributed by atoms with Gasteiger partial charge in [0, 0.05) is 6.20 Å². The third kappa shape index (κ3) is 1.93. The van der Waals surface area contributed by atoms with E-state index >= 15 is 0 Å². The summed E-state index contributed by atoms with van der Waals surface area (Å²) in [6, 6.07) is 12.6. The Morgan fingerprint density at radius 1 is 1.11 bits per heavy atom. The first-order chi connectivity index (χ1) is 8.84. The molecule has 0 fully saturated rings. The highest BCUT2D eigenvalue weighted by molar-refractivity contribution is 5.97. The molecule has 4 heteroatoms. The van der Waals surface area contributed by atoms with Crippen LogP contribution in [0.25, 0.3) is 0 Å². The van der Waals surface area contributed by atoms with Gasteiger partial charge in [0.15, 0.2) is 0 Å². The minimum atomic E-state index is -0.0965. The van der Waals surface area contributed by atoms with Crippen molar-refractivity contribution in [3.05, 3.63) is 59.9 Å². The summed E-state index contributed by atoms with van der Waals surface area (Å²) in [4.78, 5) is 8.72. The maximum atomic E-state index is 9.75. The Kier molecular flexibility index (Phi) is 2.68. The fourth-order valence-corrected chi connectivity index (χ4v) is 1.90. The van der Waals surface area contributed by atoms with E-state index in [2.05, 4.69) is 9.98 Å². The molecule has 1 aliphatic heterocycles. The van der Waals surface area contributed by atoms with Gasteiger partial charge in [-0.15, -0.1) is 0 Å². The van der Waals surface area contributed by atoms with Crippen molar-refractivity contribution in [2.75, 3.05) is 6.61 Å². The number of hydrogen-bond acceptors (Lipinski definition) is 4. The molecular weight excluding hydrogens is 228 g/mol. The number of aromatic hydroxyl groups is 1. The van der Waals surface area contributed by atoms with Crippen LogP contribution < -0.4 is 0 Å². The van der Waals surface area contributed by atoms with Gasteiger partial charge in [-0.3, -0.25) is 4.98 Å². The number of para-hydroxylation sites is 1. The molecule has 2 heterocycles. The van der Waals surface area contributed by atoms with Crippen molar-refractivity contribution in [3.8, 4) is 5.75 Å². The fourth-order valence-electron chi connectivity index (χ4n) is 1.90. The maximum Gasteiger partial charge on any atom is 0.220 e. The van der Waals surface area contributed by atoms with Gasteiger partial charge >= 0.3 is 0 Å². The molecule has 1 aliphatic rings. The molecular formula is C14H12N2O2. The van der Waals surface area contributed by atoms with Crippen molar-refractivity contribution in [1.29, 1.82) is 0 Å². The number of aromatic nitrogens is 1. The minimum absolute atomic E-state index is 0.0965. The van der Waals surface area contributed by atoms with Crippen LogP contribution in [-0.4, -0.2) is 22.6 Å². The zero-order valence-electron chi connectivity index (χ0n) is 9.65. The summed E-state index contributed by atoms with van der Waals surface area (Å²) in [7, 11) is 0. The number of aliphatic imine (C=N–C) groups is 1. The highest BCUT2D eigenvalue weighted by Gasteiger charge is 2.23. The maximum absolute atomic E-state index is 9.75. The van der Waals surface area contributed by atoms with Crippen LogP contribution >= 0.6 is 0 Å². The highest BCUT2D eigenvalue weighted by Crippen LogP contribution is 2.26. The number of nitrogens with zero attached hydrogens (tertiary/aromatic N) is 2. The Labute approximate surface area is 105 Å². The highest BCUT2D eigenvalue weighted by atomic mass is 16.5. The summed E-state index contributed by atoms with van der Waals surface area (Å²) < 4.78 is 5.54. The Morgan fingerprint density at radius 3 is 2.72 bits per heavy atom. The first-order valence-corrected chi connectivity index (χ1v) is 5.74. The van der Waals surface area contributed by atoms with Crippen LogP contribution in [0.4, 0.5) is 0 Å². The number of ether oxygens (including phenoxy) is 1. The van der Waals surface area contributed by atoms with Crippen molar-refractivity contribution in [3.63, 3.8) is 0 Å². The first kappa shape index (κ1) is 10.8. The zero-order valence-corrected chi connectivity index (χ0v) is 9.65. The normalized spacial score (nSPS) is 18.2. The van der Waals surface area contributed by atoms with Crippen LogP contribution in [0.1, 0.15) is 17.3 Å². The number of benzene rings is 1. The summed E-state index contributed by atoms with van der Waals surface area (Å²) in [6.07, 6.45) is 1.74. The predicted molar refractivity (Wildman–Crippen MR) is 67.6 cm³/mol. The van der Waals surface area contributed by atoms with Gasteiger partial charge in [-0.2, -0.15) is 0 Å². The summed E-state index contributed by atoms with van der Waals surface area (Å²) in [5, 5.41) is 9.75. The van der Waals surface area contributed by atoms with Gasteiger partial charge in [0.05, 0.1) is 11.3 Å². The van der Waals surface area contributed by atoms with Crippen molar-refractivity contribution < 1.29 is 9.84 Å². The van der Waals surface area contributed by atoms with Crippen LogP contribution in [0.5, 0.6) is 5.75 Å². The molecule has 0 bridgehead atoms. The molecule has 1 aromatic heterocycles. The average molecular weight is 240 g/mol. The quantitative estimate of drug-likeness (QED) is 0.876. The summed E-state index contributed by atoms with van der Waals surface area (Å²) in [6.45, 7) is 0.459. The topological polar surface area (TPSA) is 54.7 Å². The SMILES string of the molecule is Oc1ccccc1C1=NC(c2ccccn2)CO1. The van der Waals surface area contributed by atoms with Gasteiger partial charge in [0.1, 0.15) is 18.4 Å². The van der Waals surface area contributed by atoms with E-state index in [0.29, 0.717) is 18.1 Å². The molecule has 0 saturated carbocycles. The van der Waals surface area contributed by atoms with E-state index in [0.717, 1.165) is 5.69 Å². The van der Waals surface area contributed by atoms with E-state index in [1.54, 1.807) is 24.4 Å². The van der Waals surface area contributed by atoms with Gasteiger partial charge in [0.2, 0.25) is 5.90 Å². The number of rotatable bonds is 2. The van der Waals surface area contributed by atoms with E-state index in [-0.39, 0.29) is 11.8 Å². The second kappa shape index (κ2) is 4.49. The smallest absolute Gasteiger partial charge is 0.220 e. The molecule has 3 rings (SSSR count). The molecule has 1 aromatic carbocycles. The van der Waals surface area contributed by atoms with Crippen LogP contribution in [-0.2, 0) is 4.74 Å². The molecule has 4 nitrogen and oxygen atoms in total. The summed E-state index contributed by atoms with van der Waals surface area (Å²) >= 11 is 0. The number of hydrogen-bond donors (Lipinski definition) is 1. The lowest BCUT2D eigenvalue weighted by Crippen LogP contribution is -2.02. The fraction of sp³-hybridized carbons (Fsp3) is 0.143. The molecule has 0 spiro atoms. The van der Waals surface area contributed by atoms with E-state index in [4.69, 9.17) is 4.74 Å². The second-order valence-corrected chi connectivity index (χ2v) is 4.03. The van der Waals surface area contributed by atoms with Crippen molar-refractivity contribution in [2.24, 2.45) is 4.99 Å².